The van der Waals surface area contributed by atoms with Gasteiger partial charge in [0.05, 0.1) is 32.0 Å². The van der Waals surface area contributed by atoms with Gasteiger partial charge in [-0.1, -0.05) is 62.4 Å². The van der Waals surface area contributed by atoms with Crippen molar-refractivity contribution < 1.29 is 46.0 Å². The summed E-state index contributed by atoms with van der Waals surface area (Å²) in [6.07, 6.45) is 3.69. The Hall–Kier alpha value is -6.11. The maximum absolute atomic E-state index is 16.6. The van der Waals surface area contributed by atoms with E-state index >= 15 is 13.2 Å². The van der Waals surface area contributed by atoms with Crippen LogP contribution in [-0.4, -0.2) is 44.9 Å². The summed E-state index contributed by atoms with van der Waals surface area (Å²) in [6.45, 7) is 11.8. The van der Waals surface area contributed by atoms with Crippen LogP contribution in [0.15, 0.2) is 109 Å². The Kier molecular flexibility index (Phi) is 14.5. The molecular formula is C50H52F4N2O6. The second-order valence-electron chi connectivity index (χ2n) is 15.4. The quantitative estimate of drug-likeness (QED) is 0.0296. The van der Waals surface area contributed by atoms with Crippen molar-refractivity contribution >= 4 is 28.5 Å². The van der Waals surface area contributed by atoms with E-state index in [9.17, 15) is 9.18 Å². The molecule has 62 heavy (non-hydrogen) atoms. The summed E-state index contributed by atoms with van der Waals surface area (Å²) in [7, 11) is 3.04. The van der Waals surface area contributed by atoms with Crippen LogP contribution in [-0.2, 0) is 19.8 Å². The average molecular weight is 853 g/mol. The largest absolute Gasteiger partial charge is 0.497 e. The summed E-state index contributed by atoms with van der Waals surface area (Å²) in [5.41, 5.74) is 0.262. The number of nitrogens with one attached hydrogen (secondary N) is 2. The van der Waals surface area contributed by atoms with Crippen LogP contribution in [0.25, 0.3) is 11.1 Å². The van der Waals surface area contributed by atoms with Gasteiger partial charge in [-0.25, -0.2) is 22.4 Å². The van der Waals surface area contributed by atoms with Gasteiger partial charge in [-0.15, -0.1) is 0 Å². The molecule has 0 fully saturated rings. The molecule has 1 aliphatic rings. The topological polar surface area (TPSA) is 87.3 Å². The van der Waals surface area contributed by atoms with E-state index in [1.165, 1.54) is 26.4 Å². The van der Waals surface area contributed by atoms with Gasteiger partial charge in [0.15, 0.2) is 28.9 Å². The van der Waals surface area contributed by atoms with E-state index in [4.69, 9.17) is 23.7 Å². The molecule has 326 valence electrons. The second-order valence-corrected chi connectivity index (χ2v) is 15.4. The second kappa shape index (κ2) is 19.7. The molecular weight excluding hydrogens is 801 g/mol. The fourth-order valence-electron chi connectivity index (χ4n) is 7.31. The minimum atomic E-state index is -2.36. The van der Waals surface area contributed by atoms with E-state index in [0.717, 1.165) is 11.4 Å². The van der Waals surface area contributed by atoms with Gasteiger partial charge in [-0.3, -0.25) is 0 Å². The van der Waals surface area contributed by atoms with Gasteiger partial charge >= 0.3 is 5.97 Å². The minimum absolute atomic E-state index is 0.0174. The summed E-state index contributed by atoms with van der Waals surface area (Å²) < 4.78 is 91.7. The fraction of sp³-hybridized carbons (Fsp3) is 0.300. The van der Waals surface area contributed by atoms with E-state index < -0.39 is 46.0 Å². The molecule has 1 heterocycles. The highest BCUT2D eigenvalue weighted by atomic mass is 19.2. The van der Waals surface area contributed by atoms with Gasteiger partial charge in [-0.2, -0.15) is 0 Å². The molecule has 8 nitrogen and oxygen atoms in total. The predicted octanol–water partition coefficient (Wildman–Crippen LogP) is 12.0. The van der Waals surface area contributed by atoms with Crippen LogP contribution in [0.5, 0.6) is 11.5 Å². The maximum atomic E-state index is 16.6. The molecule has 12 heteroatoms. The summed E-state index contributed by atoms with van der Waals surface area (Å²) in [6, 6.07) is 28.4. The first-order chi connectivity index (χ1) is 29.7. The zero-order valence-corrected chi connectivity index (χ0v) is 36.1. The Labute approximate surface area is 360 Å². The molecule has 0 aromatic heterocycles. The lowest BCUT2D eigenvalue weighted by molar-refractivity contribution is 0.0223. The minimum Gasteiger partial charge on any atom is -0.497 e. The number of ether oxygens (including phenoxy) is 5. The first-order valence-corrected chi connectivity index (χ1v) is 20.6. The van der Waals surface area contributed by atoms with Crippen molar-refractivity contribution in [2.24, 2.45) is 0 Å². The third-order valence-electron chi connectivity index (χ3n) is 10.3. The molecule has 0 bridgehead atoms. The van der Waals surface area contributed by atoms with Crippen LogP contribution in [0.1, 0.15) is 92.6 Å². The summed E-state index contributed by atoms with van der Waals surface area (Å²) >= 11 is 0. The lowest BCUT2D eigenvalue weighted by atomic mass is 9.82. The number of carbonyl (C=O) groups is 1. The number of hydrogen-bond acceptors (Lipinski definition) is 8. The molecule has 0 saturated heterocycles. The third-order valence-corrected chi connectivity index (χ3v) is 10.3. The van der Waals surface area contributed by atoms with Crippen LogP contribution in [0.4, 0.5) is 28.9 Å². The van der Waals surface area contributed by atoms with Gasteiger partial charge in [-0.05, 0) is 135 Å². The van der Waals surface area contributed by atoms with E-state index in [-0.39, 0.29) is 24.7 Å². The fourth-order valence-corrected chi connectivity index (χ4v) is 7.31. The molecule has 2 unspecified atom stereocenters. The maximum Gasteiger partial charge on any atom is 0.343 e. The SMILES string of the molecule is CCC(Nc1ccc(/C(=C/C2(/C=C(/c3ccc(NC(CC)OC(C)C)cc3)c3ccc(OC)cc3)OC(=O)c3c(F)c(F)c(F)c(F)c32)c2ccc(OC)cc2)cc1)OC(C)C. The molecule has 0 amide bonds. The molecule has 0 aliphatic carbocycles. The molecule has 0 saturated carbocycles. The van der Waals surface area contributed by atoms with Crippen molar-refractivity contribution in [2.45, 2.75) is 84.6 Å². The van der Waals surface area contributed by atoms with Crippen molar-refractivity contribution in [1.82, 2.24) is 0 Å². The number of carbonyl (C=O) groups excluding carboxylic acids is 1. The van der Waals surface area contributed by atoms with Gasteiger partial charge < -0.3 is 34.3 Å². The molecule has 5 aromatic carbocycles. The lowest BCUT2D eigenvalue weighted by Gasteiger charge is -2.27. The van der Waals surface area contributed by atoms with Crippen molar-refractivity contribution in [1.29, 1.82) is 0 Å². The Balaban J connectivity index is 1.63. The number of benzene rings is 5. The Morgan fingerprint density at radius 3 is 1.27 bits per heavy atom. The monoisotopic (exact) mass is 852 g/mol. The summed E-state index contributed by atoms with van der Waals surface area (Å²) in [5, 5.41) is 6.75. The Morgan fingerprint density at radius 1 is 0.581 bits per heavy atom. The molecule has 0 spiro atoms. The number of anilines is 2. The van der Waals surface area contributed by atoms with Crippen LogP contribution < -0.4 is 20.1 Å². The third kappa shape index (κ3) is 9.98. The summed E-state index contributed by atoms with van der Waals surface area (Å²) in [5.74, 6) is -8.14. The van der Waals surface area contributed by atoms with Gasteiger partial charge in [0.1, 0.15) is 29.5 Å². The average Bonchev–Trinajstić information content (AvgIpc) is 3.56. The first kappa shape index (κ1) is 45.4. The molecule has 6 rings (SSSR count). The Morgan fingerprint density at radius 2 is 0.935 bits per heavy atom. The molecule has 0 radical (unpaired) electrons. The molecule has 2 N–H and O–H groups in total. The van der Waals surface area contributed by atoms with Crippen molar-refractivity contribution in [3.05, 3.63) is 166 Å². The predicted molar refractivity (Wildman–Crippen MR) is 234 cm³/mol. The first-order valence-electron chi connectivity index (χ1n) is 20.6. The van der Waals surface area contributed by atoms with E-state index in [1.807, 2.05) is 65.8 Å². The van der Waals surface area contributed by atoms with Crippen LogP contribution in [0.2, 0.25) is 0 Å². The number of halogens is 4. The number of methoxy groups -OCH3 is 2. The smallest absolute Gasteiger partial charge is 0.343 e. The number of esters is 1. The molecule has 2 atom stereocenters. The van der Waals surface area contributed by atoms with E-state index in [0.29, 0.717) is 57.7 Å². The van der Waals surface area contributed by atoms with Gasteiger partial charge in [0.2, 0.25) is 0 Å². The van der Waals surface area contributed by atoms with E-state index in [2.05, 4.69) is 10.6 Å². The Bertz CT molecular complexity index is 2270. The van der Waals surface area contributed by atoms with Crippen LogP contribution in [0.3, 0.4) is 0 Å². The van der Waals surface area contributed by atoms with Gasteiger partial charge in [0.25, 0.3) is 0 Å². The van der Waals surface area contributed by atoms with Crippen molar-refractivity contribution in [3.8, 4) is 11.5 Å². The lowest BCUT2D eigenvalue weighted by Crippen LogP contribution is -2.25. The highest BCUT2D eigenvalue weighted by molar-refractivity contribution is 5.98. The van der Waals surface area contributed by atoms with Gasteiger partial charge in [0, 0.05) is 11.4 Å². The highest BCUT2D eigenvalue weighted by Crippen LogP contribution is 2.48. The number of cyclic esters (lactones) is 1. The molecule has 5 aromatic rings. The number of rotatable bonds is 18. The normalized spacial score (nSPS) is 16.3. The van der Waals surface area contributed by atoms with Crippen LogP contribution >= 0.6 is 0 Å². The standard InChI is InChI=1S/C50H52F4N2O6/c1-9-41(60-29(3)4)55-35-19-11-31(12-20-35)39(33-15-23-37(58-7)24-16-33)27-50(44-43(49(57)62-50)45(51)47(53)48(54)46(44)52)28-40(34-17-25-38(59-8)26-18-34)32-13-21-36(22-14-32)56-42(10-2)61-30(5)6/h11-30,41-42,55-56H,9-10H2,1-8H3/b39-27-,40-28-. The van der Waals surface area contributed by atoms with Crippen molar-refractivity contribution in [2.75, 3.05) is 24.9 Å². The zero-order valence-electron chi connectivity index (χ0n) is 36.1. The van der Waals surface area contributed by atoms with Crippen molar-refractivity contribution in [3.63, 3.8) is 0 Å². The highest BCUT2D eigenvalue weighted by Gasteiger charge is 2.50. The zero-order chi connectivity index (χ0) is 44.7. The summed E-state index contributed by atoms with van der Waals surface area (Å²) in [4.78, 5) is 13.8. The molecule has 1 aliphatic heterocycles. The number of fused-ring (bicyclic) bond motifs is 1. The van der Waals surface area contributed by atoms with Crippen LogP contribution in [0, 0.1) is 23.3 Å². The number of hydrogen-bond donors (Lipinski definition) is 2. The van der Waals surface area contributed by atoms with E-state index in [1.54, 1.807) is 72.8 Å².